The molecular formula is C20H30ClN5. The van der Waals surface area contributed by atoms with E-state index in [1.165, 1.54) is 18.2 Å². The Bertz CT molecular complexity index is 729. The molecule has 0 aliphatic carbocycles. The Hall–Kier alpha value is -1.59. The third-order valence-corrected chi connectivity index (χ3v) is 5.63. The van der Waals surface area contributed by atoms with E-state index in [2.05, 4.69) is 52.8 Å². The van der Waals surface area contributed by atoms with Crippen LogP contribution >= 0.6 is 12.4 Å². The Morgan fingerprint density at radius 2 is 1.77 bits per heavy atom. The van der Waals surface area contributed by atoms with Crippen molar-refractivity contribution in [2.75, 3.05) is 55.6 Å². The minimum Gasteiger partial charge on any atom is -0.356 e. The van der Waals surface area contributed by atoms with Crippen molar-refractivity contribution in [2.24, 2.45) is 5.92 Å². The number of piperidine rings is 1. The Morgan fingerprint density at radius 3 is 2.50 bits per heavy atom. The van der Waals surface area contributed by atoms with Crippen LogP contribution in [0.2, 0.25) is 0 Å². The Balaban J connectivity index is 0.00000196. The highest BCUT2D eigenvalue weighted by atomic mass is 35.5. The molecule has 2 aliphatic rings. The number of halogens is 1. The van der Waals surface area contributed by atoms with Crippen LogP contribution in [0, 0.1) is 5.92 Å². The fraction of sp³-hybridized carbons (Fsp3) is 0.600. The summed E-state index contributed by atoms with van der Waals surface area (Å²) in [4.78, 5) is 17.3. The maximum absolute atomic E-state index is 5.06. The molecule has 6 heteroatoms. The Labute approximate surface area is 162 Å². The van der Waals surface area contributed by atoms with Crippen molar-refractivity contribution in [3.63, 3.8) is 0 Å². The van der Waals surface area contributed by atoms with Gasteiger partial charge in [-0.25, -0.2) is 4.98 Å². The molecule has 5 nitrogen and oxygen atoms in total. The molecule has 1 aromatic heterocycles. The van der Waals surface area contributed by atoms with E-state index >= 15 is 0 Å². The summed E-state index contributed by atoms with van der Waals surface area (Å²) in [6, 6.07) is 8.47. The lowest BCUT2D eigenvalue weighted by Crippen LogP contribution is -2.47. The normalized spacial score (nSPS) is 21.7. The first-order valence-electron chi connectivity index (χ1n) is 9.73. The van der Waals surface area contributed by atoms with Gasteiger partial charge in [-0.3, -0.25) is 0 Å². The molecule has 2 aromatic rings. The molecule has 3 heterocycles. The number of aromatic nitrogens is 2. The minimum atomic E-state index is 0. The SMILES string of the molecule is CCN1CCN(c2nc(N3CCCC(C)C3)c3ccccc3n2)CC1.Cl. The van der Waals surface area contributed by atoms with Gasteiger partial charge in [-0.2, -0.15) is 4.98 Å². The number of likely N-dealkylation sites (N-methyl/N-ethyl adjacent to an activating group) is 1. The number of piperazine rings is 1. The van der Waals surface area contributed by atoms with Gasteiger partial charge in [0.25, 0.3) is 0 Å². The average Bonchev–Trinajstić information content (AvgIpc) is 2.67. The third-order valence-electron chi connectivity index (χ3n) is 5.63. The Morgan fingerprint density at radius 1 is 1.00 bits per heavy atom. The fourth-order valence-corrected chi connectivity index (χ4v) is 4.08. The number of anilines is 2. The number of fused-ring (bicyclic) bond motifs is 1. The molecule has 2 fully saturated rings. The van der Waals surface area contributed by atoms with E-state index in [0.29, 0.717) is 0 Å². The van der Waals surface area contributed by atoms with Crippen molar-refractivity contribution in [3.8, 4) is 0 Å². The van der Waals surface area contributed by atoms with E-state index in [1.54, 1.807) is 0 Å². The second-order valence-corrected chi connectivity index (χ2v) is 7.48. The Kier molecular flexibility index (Phi) is 6.20. The van der Waals surface area contributed by atoms with Crippen LogP contribution in [-0.2, 0) is 0 Å². The van der Waals surface area contributed by atoms with E-state index in [-0.39, 0.29) is 12.4 Å². The van der Waals surface area contributed by atoms with Crippen LogP contribution in [0.25, 0.3) is 10.9 Å². The van der Waals surface area contributed by atoms with E-state index in [4.69, 9.17) is 9.97 Å². The number of nitrogens with zero attached hydrogens (tertiary/aromatic N) is 5. The summed E-state index contributed by atoms with van der Waals surface area (Å²) in [5, 5.41) is 1.19. The van der Waals surface area contributed by atoms with Crippen molar-refractivity contribution in [2.45, 2.75) is 26.7 Å². The summed E-state index contributed by atoms with van der Waals surface area (Å²) in [6.07, 6.45) is 2.58. The largest absolute Gasteiger partial charge is 0.356 e. The van der Waals surface area contributed by atoms with Crippen molar-refractivity contribution < 1.29 is 0 Å². The zero-order valence-electron chi connectivity index (χ0n) is 15.9. The van der Waals surface area contributed by atoms with Crippen LogP contribution < -0.4 is 9.80 Å². The van der Waals surface area contributed by atoms with Gasteiger partial charge in [0, 0.05) is 44.7 Å². The molecule has 2 aliphatic heterocycles. The van der Waals surface area contributed by atoms with Crippen LogP contribution in [0.15, 0.2) is 24.3 Å². The third kappa shape index (κ3) is 3.89. The zero-order valence-corrected chi connectivity index (χ0v) is 16.7. The molecule has 0 spiro atoms. The van der Waals surface area contributed by atoms with Gasteiger partial charge in [0.2, 0.25) is 5.95 Å². The lowest BCUT2D eigenvalue weighted by atomic mass is 10.00. The predicted octanol–water partition coefficient (Wildman–Crippen LogP) is 3.43. The highest BCUT2D eigenvalue weighted by Gasteiger charge is 2.23. The summed E-state index contributed by atoms with van der Waals surface area (Å²) in [5.41, 5.74) is 1.07. The van der Waals surface area contributed by atoms with Gasteiger partial charge in [-0.15, -0.1) is 12.4 Å². The maximum atomic E-state index is 5.06. The highest BCUT2D eigenvalue weighted by molar-refractivity contribution is 5.90. The molecule has 4 rings (SSSR count). The van der Waals surface area contributed by atoms with Crippen molar-refractivity contribution in [3.05, 3.63) is 24.3 Å². The lowest BCUT2D eigenvalue weighted by molar-refractivity contribution is 0.270. The standard InChI is InChI=1S/C20H29N5.ClH/c1-3-23-11-13-24(14-12-23)20-21-18-9-5-4-8-17(18)19(22-20)25-10-6-7-16(2)15-25;/h4-5,8-9,16H,3,6-7,10-15H2,1-2H3;1H. The zero-order chi connectivity index (χ0) is 17.2. The second-order valence-electron chi connectivity index (χ2n) is 7.48. The first-order chi connectivity index (χ1) is 12.2. The maximum Gasteiger partial charge on any atom is 0.227 e. The van der Waals surface area contributed by atoms with Crippen LogP contribution in [0.4, 0.5) is 11.8 Å². The summed E-state index contributed by atoms with van der Waals surface area (Å²) in [6.45, 7) is 12.1. The van der Waals surface area contributed by atoms with Gasteiger partial charge in [0.1, 0.15) is 5.82 Å². The lowest BCUT2D eigenvalue weighted by Gasteiger charge is -2.36. The van der Waals surface area contributed by atoms with Crippen molar-refractivity contribution >= 4 is 35.1 Å². The number of hydrogen-bond donors (Lipinski definition) is 0. The number of para-hydroxylation sites is 1. The monoisotopic (exact) mass is 375 g/mol. The molecule has 142 valence electrons. The second kappa shape index (κ2) is 8.40. The molecule has 1 aromatic carbocycles. The number of hydrogen-bond acceptors (Lipinski definition) is 5. The smallest absolute Gasteiger partial charge is 0.227 e. The molecule has 0 saturated carbocycles. The van der Waals surface area contributed by atoms with E-state index in [9.17, 15) is 0 Å². The quantitative estimate of drug-likeness (QED) is 0.821. The van der Waals surface area contributed by atoms with Gasteiger partial charge < -0.3 is 14.7 Å². The average molecular weight is 376 g/mol. The summed E-state index contributed by atoms with van der Waals surface area (Å²) >= 11 is 0. The van der Waals surface area contributed by atoms with Gasteiger partial charge in [-0.1, -0.05) is 26.0 Å². The van der Waals surface area contributed by atoms with Gasteiger partial charge in [0.15, 0.2) is 0 Å². The van der Waals surface area contributed by atoms with Gasteiger partial charge in [0.05, 0.1) is 5.52 Å². The predicted molar refractivity (Wildman–Crippen MR) is 112 cm³/mol. The number of benzene rings is 1. The van der Waals surface area contributed by atoms with Crippen LogP contribution in [0.1, 0.15) is 26.7 Å². The first-order valence-corrected chi connectivity index (χ1v) is 9.73. The van der Waals surface area contributed by atoms with E-state index < -0.39 is 0 Å². The van der Waals surface area contributed by atoms with E-state index in [0.717, 1.165) is 69.0 Å². The topological polar surface area (TPSA) is 35.5 Å². The minimum absolute atomic E-state index is 0. The van der Waals surface area contributed by atoms with Crippen LogP contribution in [-0.4, -0.2) is 60.7 Å². The molecule has 1 atom stereocenters. The summed E-state index contributed by atoms with van der Waals surface area (Å²) in [7, 11) is 0. The molecule has 1 unspecified atom stereocenters. The van der Waals surface area contributed by atoms with Gasteiger partial charge in [-0.05, 0) is 37.4 Å². The fourth-order valence-electron chi connectivity index (χ4n) is 4.08. The molecule has 2 saturated heterocycles. The first kappa shape index (κ1) is 19.2. The van der Waals surface area contributed by atoms with E-state index in [1.807, 2.05) is 0 Å². The van der Waals surface area contributed by atoms with Crippen LogP contribution in [0.5, 0.6) is 0 Å². The highest BCUT2D eigenvalue weighted by Crippen LogP contribution is 2.30. The molecule has 0 N–H and O–H groups in total. The summed E-state index contributed by atoms with van der Waals surface area (Å²) in [5.74, 6) is 2.77. The van der Waals surface area contributed by atoms with Crippen molar-refractivity contribution in [1.29, 1.82) is 0 Å². The molecule has 0 amide bonds. The molecule has 0 bridgehead atoms. The molecular weight excluding hydrogens is 346 g/mol. The molecule has 26 heavy (non-hydrogen) atoms. The number of rotatable bonds is 3. The molecule has 0 radical (unpaired) electrons. The summed E-state index contributed by atoms with van der Waals surface area (Å²) < 4.78 is 0. The van der Waals surface area contributed by atoms with Gasteiger partial charge >= 0.3 is 0 Å². The van der Waals surface area contributed by atoms with Crippen LogP contribution in [0.3, 0.4) is 0 Å². The van der Waals surface area contributed by atoms with Crippen molar-refractivity contribution in [1.82, 2.24) is 14.9 Å².